The van der Waals surface area contributed by atoms with E-state index in [0.717, 1.165) is 0 Å². The van der Waals surface area contributed by atoms with Gasteiger partial charge in [0.25, 0.3) is 11.8 Å². The van der Waals surface area contributed by atoms with E-state index in [-0.39, 0.29) is 29.4 Å². The Hall–Kier alpha value is -4.08. The number of benzene rings is 1. The molecule has 3 aromatic rings. The second kappa shape index (κ2) is 8.74. The summed E-state index contributed by atoms with van der Waals surface area (Å²) in [4.78, 5) is 27.9. The molecule has 10 heteroatoms. The number of nitrogens with zero attached hydrogens (tertiary/aromatic N) is 3. The highest BCUT2D eigenvalue weighted by atomic mass is 16.5. The van der Waals surface area contributed by atoms with E-state index in [1.54, 1.807) is 35.3 Å². The third kappa shape index (κ3) is 4.61. The van der Waals surface area contributed by atoms with E-state index >= 15 is 0 Å². The normalized spacial score (nSPS) is 10.3. The van der Waals surface area contributed by atoms with Crippen LogP contribution in [0, 0.1) is 0 Å². The van der Waals surface area contributed by atoms with Crippen LogP contribution in [0.3, 0.4) is 0 Å². The van der Waals surface area contributed by atoms with Crippen LogP contribution in [0.15, 0.2) is 48.9 Å². The Bertz CT molecular complexity index is 977. The molecule has 2 amide bonds. The summed E-state index contributed by atoms with van der Waals surface area (Å²) in [5.74, 6) is 0.187. The van der Waals surface area contributed by atoms with Gasteiger partial charge in [0.05, 0.1) is 26.1 Å². The van der Waals surface area contributed by atoms with Gasteiger partial charge in [0.2, 0.25) is 5.75 Å². The number of carbonyl (C=O) groups excluding carboxylic acids is 2. The summed E-state index contributed by atoms with van der Waals surface area (Å²) in [5.41, 5.74) is 5.87. The van der Waals surface area contributed by atoms with Gasteiger partial charge in [0, 0.05) is 18.0 Å². The number of anilines is 1. The third-order valence-electron chi connectivity index (χ3n) is 3.83. The molecule has 10 nitrogen and oxygen atoms in total. The number of hydrogen-bond donors (Lipinski definition) is 2. The zero-order chi connectivity index (χ0) is 20.8. The number of hydrogen-bond acceptors (Lipinski definition) is 7. The van der Waals surface area contributed by atoms with Crippen molar-refractivity contribution >= 4 is 17.5 Å². The molecule has 0 aliphatic rings. The van der Waals surface area contributed by atoms with E-state index in [1.165, 1.54) is 32.5 Å². The minimum absolute atomic E-state index is 0.176. The van der Waals surface area contributed by atoms with Crippen LogP contribution < -0.4 is 25.3 Å². The third-order valence-corrected chi connectivity index (χ3v) is 3.83. The molecule has 0 bridgehead atoms. The first-order valence-corrected chi connectivity index (χ1v) is 8.46. The summed E-state index contributed by atoms with van der Waals surface area (Å²) in [6, 6.07) is 8.17. The van der Waals surface area contributed by atoms with Gasteiger partial charge in [0.1, 0.15) is 0 Å². The Morgan fingerprint density at radius 2 is 1.90 bits per heavy atom. The lowest BCUT2D eigenvalue weighted by Crippen LogP contribution is -2.20. The van der Waals surface area contributed by atoms with Crippen molar-refractivity contribution < 1.29 is 23.8 Å². The predicted octanol–water partition coefficient (Wildman–Crippen LogP) is 1.40. The first-order chi connectivity index (χ1) is 14.0. The van der Waals surface area contributed by atoms with Crippen LogP contribution in [-0.4, -0.2) is 47.4 Å². The van der Waals surface area contributed by atoms with Gasteiger partial charge in [-0.05, 0) is 30.3 Å². The number of pyridine rings is 1. The maximum atomic E-state index is 12.7. The first kappa shape index (κ1) is 19.7. The van der Waals surface area contributed by atoms with Gasteiger partial charge in [-0.3, -0.25) is 9.59 Å². The van der Waals surface area contributed by atoms with Crippen molar-refractivity contribution in [3.05, 3.63) is 54.5 Å². The molecule has 0 saturated heterocycles. The summed E-state index contributed by atoms with van der Waals surface area (Å²) >= 11 is 0. The minimum Gasteiger partial charge on any atom is -0.493 e. The minimum atomic E-state index is -0.651. The number of methoxy groups -OCH3 is 2. The number of aromatic nitrogens is 3. The molecule has 3 N–H and O–H groups in total. The molecular weight excluding hydrogens is 378 g/mol. The van der Waals surface area contributed by atoms with Gasteiger partial charge in [-0.1, -0.05) is 0 Å². The average molecular weight is 397 g/mol. The van der Waals surface area contributed by atoms with Crippen LogP contribution in [0.25, 0.3) is 5.82 Å². The van der Waals surface area contributed by atoms with Crippen LogP contribution in [0.1, 0.15) is 10.4 Å². The lowest BCUT2D eigenvalue weighted by molar-refractivity contribution is -0.120. The second-order valence-electron chi connectivity index (χ2n) is 5.77. The summed E-state index contributed by atoms with van der Waals surface area (Å²) in [5, 5.41) is 6.84. The van der Waals surface area contributed by atoms with Crippen LogP contribution in [-0.2, 0) is 4.79 Å². The zero-order valence-electron chi connectivity index (χ0n) is 15.8. The molecule has 2 aromatic heterocycles. The number of nitrogens with one attached hydrogen (secondary N) is 1. The van der Waals surface area contributed by atoms with Crippen molar-refractivity contribution in [1.29, 1.82) is 0 Å². The monoisotopic (exact) mass is 397 g/mol. The molecule has 0 unspecified atom stereocenters. The van der Waals surface area contributed by atoms with Crippen molar-refractivity contribution in [2.75, 3.05) is 26.1 Å². The maximum absolute atomic E-state index is 12.7. The fourth-order valence-electron chi connectivity index (χ4n) is 2.50. The van der Waals surface area contributed by atoms with Crippen molar-refractivity contribution in [2.24, 2.45) is 5.73 Å². The van der Waals surface area contributed by atoms with Gasteiger partial charge in [-0.2, -0.15) is 5.10 Å². The Balaban J connectivity index is 1.80. The van der Waals surface area contributed by atoms with Crippen LogP contribution in [0.2, 0.25) is 0 Å². The highest BCUT2D eigenvalue weighted by molar-refractivity contribution is 6.05. The smallest absolute Gasteiger partial charge is 0.255 e. The van der Waals surface area contributed by atoms with E-state index in [2.05, 4.69) is 15.4 Å². The van der Waals surface area contributed by atoms with Crippen LogP contribution >= 0.6 is 0 Å². The average Bonchev–Trinajstić information content (AvgIpc) is 3.26. The molecule has 150 valence electrons. The number of primary amides is 1. The standard InChI is InChI=1S/C19H19N5O5/c1-27-14-8-12(9-15(28-2)18(14)29-11-16(20)25)19(26)23-13-4-5-17(21-10-13)24-7-3-6-22-24/h3-10H,11H2,1-2H3,(H2,20,25)(H,23,26). The molecule has 29 heavy (non-hydrogen) atoms. The van der Waals surface area contributed by atoms with E-state index in [1.807, 2.05) is 0 Å². The molecule has 1 aromatic carbocycles. The summed E-state index contributed by atoms with van der Waals surface area (Å²) in [6.07, 6.45) is 4.93. The molecule has 0 radical (unpaired) electrons. The molecular formula is C19H19N5O5. The van der Waals surface area contributed by atoms with E-state index < -0.39 is 11.8 Å². The van der Waals surface area contributed by atoms with Gasteiger partial charge in [-0.25, -0.2) is 9.67 Å². The summed E-state index contributed by atoms with van der Waals surface area (Å²) in [6.45, 7) is -0.355. The quantitative estimate of drug-likeness (QED) is 0.587. The Morgan fingerprint density at radius 1 is 1.17 bits per heavy atom. The highest BCUT2D eigenvalue weighted by Crippen LogP contribution is 2.38. The Kier molecular flexibility index (Phi) is 5.93. The molecule has 2 heterocycles. The van der Waals surface area contributed by atoms with Gasteiger partial charge in [0.15, 0.2) is 23.9 Å². The number of nitrogens with two attached hydrogens (primary N) is 1. The van der Waals surface area contributed by atoms with Crippen molar-refractivity contribution in [3.63, 3.8) is 0 Å². The van der Waals surface area contributed by atoms with Gasteiger partial charge < -0.3 is 25.3 Å². The largest absolute Gasteiger partial charge is 0.493 e. The number of rotatable bonds is 8. The molecule has 3 rings (SSSR count). The Morgan fingerprint density at radius 3 is 2.41 bits per heavy atom. The molecule has 0 fully saturated rings. The number of ether oxygens (including phenoxy) is 3. The van der Waals surface area contributed by atoms with Crippen LogP contribution in [0.5, 0.6) is 17.2 Å². The van der Waals surface area contributed by atoms with Gasteiger partial charge >= 0.3 is 0 Å². The SMILES string of the molecule is COc1cc(C(=O)Nc2ccc(-n3cccn3)nc2)cc(OC)c1OCC(N)=O. The van der Waals surface area contributed by atoms with Crippen molar-refractivity contribution in [2.45, 2.75) is 0 Å². The molecule has 0 spiro atoms. The number of carbonyl (C=O) groups is 2. The van der Waals surface area contributed by atoms with Crippen molar-refractivity contribution in [3.8, 4) is 23.1 Å². The Labute approximate surface area is 166 Å². The summed E-state index contributed by atoms with van der Waals surface area (Å²) in [7, 11) is 2.82. The van der Waals surface area contributed by atoms with E-state index in [4.69, 9.17) is 19.9 Å². The lowest BCUT2D eigenvalue weighted by atomic mass is 10.1. The lowest BCUT2D eigenvalue weighted by Gasteiger charge is -2.15. The topological polar surface area (TPSA) is 131 Å². The second-order valence-corrected chi connectivity index (χ2v) is 5.77. The maximum Gasteiger partial charge on any atom is 0.255 e. The number of amides is 2. The van der Waals surface area contributed by atoms with E-state index in [0.29, 0.717) is 11.5 Å². The van der Waals surface area contributed by atoms with E-state index in [9.17, 15) is 9.59 Å². The fraction of sp³-hybridized carbons (Fsp3) is 0.158. The van der Waals surface area contributed by atoms with Crippen molar-refractivity contribution in [1.82, 2.24) is 14.8 Å². The molecule has 0 atom stereocenters. The highest BCUT2D eigenvalue weighted by Gasteiger charge is 2.18. The predicted molar refractivity (Wildman–Crippen MR) is 104 cm³/mol. The van der Waals surface area contributed by atoms with Gasteiger partial charge in [-0.15, -0.1) is 0 Å². The first-order valence-electron chi connectivity index (χ1n) is 8.46. The zero-order valence-corrected chi connectivity index (χ0v) is 15.8. The molecule has 0 aliphatic heterocycles. The van der Waals surface area contributed by atoms with Crippen LogP contribution in [0.4, 0.5) is 5.69 Å². The fourth-order valence-corrected chi connectivity index (χ4v) is 2.50. The summed E-state index contributed by atoms with van der Waals surface area (Å²) < 4.78 is 17.5. The molecule has 0 saturated carbocycles. The molecule has 0 aliphatic carbocycles.